The van der Waals surface area contributed by atoms with Gasteiger partial charge in [-0.1, -0.05) is 39.1 Å². The van der Waals surface area contributed by atoms with E-state index in [1.807, 2.05) is 24.3 Å². The molecule has 0 bridgehead atoms. The largest absolute Gasteiger partial charge is 0.324 e. The summed E-state index contributed by atoms with van der Waals surface area (Å²) in [6, 6.07) is 12.3. The lowest BCUT2D eigenvalue weighted by Gasteiger charge is -2.17. The maximum absolute atomic E-state index is 12.4. The van der Waals surface area contributed by atoms with Crippen molar-refractivity contribution in [2.75, 3.05) is 16.8 Å². The number of rotatable bonds is 3. The van der Waals surface area contributed by atoms with Crippen LogP contribution in [-0.2, 0) is 9.59 Å². The number of amides is 2. The Morgan fingerprint density at radius 3 is 2.54 bits per heavy atom. The van der Waals surface area contributed by atoms with Gasteiger partial charge in [-0.3, -0.25) is 9.59 Å². The van der Waals surface area contributed by atoms with Gasteiger partial charge in [-0.05, 0) is 42.5 Å². The Hall–Kier alpha value is -1.56. The zero-order chi connectivity index (χ0) is 17.3. The van der Waals surface area contributed by atoms with E-state index in [1.54, 1.807) is 23.1 Å². The smallest absolute Gasteiger partial charge is 0.229 e. The minimum atomic E-state index is -0.423. The second kappa shape index (κ2) is 7.13. The first-order valence-corrected chi connectivity index (χ1v) is 8.81. The third kappa shape index (κ3) is 3.74. The molecule has 0 aliphatic carbocycles. The molecule has 1 unspecified atom stereocenters. The van der Waals surface area contributed by atoms with Crippen LogP contribution in [-0.4, -0.2) is 18.4 Å². The van der Waals surface area contributed by atoms with Crippen molar-refractivity contribution in [3.05, 3.63) is 57.0 Å². The fourth-order valence-electron chi connectivity index (χ4n) is 2.58. The van der Waals surface area contributed by atoms with Crippen LogP contribution in [0.2, 0.25) is 10.0 Å². The molecule has 1 aliphatic rings. The maximum atomic E-state index is 12.4. The molecule has 2 aromatic rings. The average Bonchev–Trinajstić information content (AvgIpc) is 2.93. The number of halogens is 3. The molecule has 7 heteroatoms. The number of hydrogen-bond acceptors (Lipinski definition) is 2. The van der Waals surface area contributed by atoms with Gasteiger partial charge in [0.15, 0.2) is 0 Å². The molecule has 24 heavy (non-hydrogen) atoms. The molecule has 2 amide bonds. The molecule has 1 heterocycles. The van der Waals surface area contributed by atoms with Crippen molar-refractivity contribution in [3.63, 3.8) is 0 Å². The van der Waals surface area contributed by atoms with E-state index in [2.05, 4.69) is 21.2 Å². The topological polar surface area (TPSA) is 49.4 Å². The van der Waals surface area contributed by atoms with Crippen LogP contribution in [0.25, 0.3) is 0 Å². The third-order valence-electron chi connectivity index (χ3n) is 3.82. The summed E-state index contributed by atoms with van der Waals surface area (Å²) in [6.45, 7) is 0.345. The summed E-state index contributed by atoms with van der Waals surface area (Å²) < 4.78 is 0.935. The van der Waals surface area contributed by atoms with Gasteiger partial charge in [-0.25, -0.2) is 0 Å². The van der Waals surface area contributed by atoms with Crippen LogP contribution in [0.5, 0.6) is 0 Å². The Labute approximate surface area is 157 Å². The van der Waals surface area contributed by atoms with Crippen molar-refractivity contribution in [2.45, 2.75) is 6.42 Å². The first-order chi connectivity index (χ1) is 11.4. The van der Waals surface area contributed by atoms with Gasteiger partial charge in [-0.2, -0.15) is 0 Å². The number of nitrogens with zero attached hydrogens (tertiary/aromatic N) is 1. The summed E-state index contributed by atoms with van der Waals surface area (Å²) in [5.41, 5.74) is 1.27. The zero-order valence-electron chi connectivity index (χ0n) is 12.4. The van der Waals surface area contributed by atoms with E-state index in [0.29, 0.717) is 22.3 Å². The van der Waals surface area contributed by atoms with Crippen LogP contribution in [0, 0.1) is 5.92 Å². The van der Waals surface area contributed by atoms with Crippen LogP contribution in [0.1, 0.15) is 6.42 Å². The van der Waals surface area contributed by atoms with Crippen molar-refractivity contribution in [2.24, 2.45) is 5.92 Å². The van der Waals surface area contributed by atoms with E-state index >= 15 is 0 Å². The number of benzene rings is 2. The van der Waals surface area contributed by atoms with E-state index in [0.717, 1.165) is 10.2 Å². The van der Waals surface area contributed by atoms with Crippen LogP contribution in [0.4, 0.5) is 11.4 Å². The molecule has 2 aromatic carbocycles. The number of nitrogens with one attached hydrogen (secondary N) is 1. The van der Waals surface area contributed by atoms with Crippen molar-refractivity contribution >= 4 is 62.3 Å². The molecule has 124 valence electrons. The Kier molecular flexibility index (Phi) is 5.13. The van der Waals surface area contributed by atoms with Gasteiger partial charge >= 0.3 is 0 Å². The minimum absolute atomic E-state index is 0.0697. The molecule has 0 saturated carbocycles. The van der Waals surface area contributed by atoms with Crippen LogP contribution < -0.4 is 10.2 Å². The Morgan fingerprint density at radius 1 is 1.17 bits per heavy atom. The van der Waals surface area contributed by atoms with Gasteiger partial charge in [0.05, 0.1) is 16.6 Å². The van der Waals surface area contributed by atoms with Gasteiger partial charge in [-0.15, -0.1) is 0 Å². The molecule has 0 radical (unpaired) electrons. The van der Waals surface area contributed by atoms with E-state index in [9.17, 15) is 9.59 Å². The molecule has 3 rings (SSSR count). The predicted molar refractivity (Wildman–Crippen MR) is 99.7 cm³/mol. The molecule has 4 nitrogen and oxygen atoms in total. The maximum Gasteiger partial charge on any atom is 0.229 e. The highest BCUT2D eigenvalue weighted by atomic mass is 79.9. The molecule has 1 N–H and O–H groups in total. The van der Waals surface area contributed by atoms with Gasteiger partial charge in [0.25, 0.3) is 0 Å². The van der Waals surface area contributed by atoms with Crippen molar-refractivity contribution < 1.29 is 9.59 Å². The summed E-state index contributed by atoms with van der Waals surface area (Å²) in [5.74, 6) is -0.722. The summed E-state index contributed by atoms with van der Waals surface area (Å²) in [7, 11) is 0. The Bertz CT molecular complexity index is 796. The lowest BCUT2D eigenvalue weighted by Crippen LogP contribution is -2.28. The van der Waals surface area contributed by atoms with Gasteiger partial charge in [0, 0.05) is 28.1 Å². The van der Waals surface area contributed by atoms with Gasteiger partial charge < -0.3 is 10.2 Å². The summed E-state index contributed by atoms with van der Waals surface area (Å²) in [4.78, 5) is 26.3. The van der Waals surface area contributed by atoms with Gasteiger partial charge in [0.2, 0.25) is 11.8 Å². The fourth-order valence-corrected chi connectivity index (χ4v) is 3.30. The monoisotopic (exact) mass is 426 g/mol. The summed E-state index contributed by atoms with van der Waals surface area (Å²) >= 11 is 15.3. The average molecular weight is 428 g/mol. The van der Waals surface area contributed by atoms with Crippen LogP contribution in [0.15, 0.2) is 46.9 Å². The van der Waals surface area contributed by atoms with Crippen molar-refractivity contribution in [1.29, 1.82) is 0 Å². The van der Waals surface area contributed by atoms with E-state index in [4.69, 9.17) is 23.2 Å². The van der Waals surface area contributed by atoms with Crippen molar-refractivity contribution in [3.8, 4) is 0 Å². The first kappa shape index (κ1) is 17.3. The Balaban J connectivity index is 1.70. The van der Waals surface area contributed by atoms with Crippen molar-refractivity contribution in [1.82, 2.24) is 0 Å². The quantitative estimate of drug-likeness (QED) is 0.768. The lowest BCUT2D eigenvalue weighted by molar-refractivity contribution is -0.122. The summed E-state index contributed by atoms with van der Waals surface area (Å²) in [6.07, 6.45) is 0.174. The van der Waals surface area contributed by atoms with Gasteiger partial charge in [0.1, 0.15) is 0 Å². The third-order valence-corrected chi connectivity index (χ3v) is 4.90. The molecule has 1 saturated heterocycles. The highest BCUT2D eigenvalue weighted by molar-refractivity contribution is 9.10. The second-order valence-electron chi connectivity index (χ2n) is 5.50. The highest BCUT2D eigenvalue weighted by Crippen LogP contribution is 2.29. The highest BCUT2D eigenvalue weighted by Gasteiger charge is 2.35. The lowest BCUT2D eigenvalue weighted by atomic mass is 10.1. The fraction of sp³-hybridized carbons (Fsp3) is 0.176. The number of anilines is 2. The standard InChI is InChI=1S/C17H13BrCl2N2O2/c18-11-1-4-13(5-2-11)22-9-10(7-16(22)23)17(24)21-15-6-3-12(19)8-14(15)20/h1-6,8,10H,7,9H2,(H,21,24). The number of hydrogen-bond donors (Lipinski definition) is 1. The van der Waals surface area contributed by atoms with E-state index < -0.39 is 5.92 Å². The predicted octanol–water partition coefficient (Wildman–Crippen LogP) is 4.75. The zero-order valence-corrected chi connectivity index (χ0v) is 15.5. The van der Waals surface area contributed by atoms with E-state index in [-0.39, 0.29) is 18.2 Å². The molecule has 1 aliphatic heterocycles. The molecular weight excluding hydrogens is 415 g/mol. The molecule has 1 fully saturated rings. The minimum Gasteiger partial charge on any atom is -0.324 e. The second-order valence-corrected chi connectivity index (χ2v) is 7.25. The summed E-state index contributed by atoms with van der Waals surface area (Å²) in [5, 5.41) is 3.63. The van der Waals surface area contributed by atoms with Crippen LogP contribution in [0.3, 0.4) is 0 Å². The Morgan fingerprint density at radius 2 is 1.88 bits per heavy atom. The molecule has 1 atom stereocenters. The molecule has 0 spiro atoms. The SMILES string of the molecule is O=C(Nc1ccc(Cl)cc1Cl)C1CC(=O)N(c2ccc(Br)cc2)C1. The van der Waals surface area contributed by atoms with E-state index in [1.165, 1.54) is 0 Å². The van der Waals surface area contributed by atoms with Crippen LogP contribution >= 0.6 is 39.1 Å². The number of carbonyl (C=O) groups excluding carboxylic acids is 2. The molecular formula is C17H13BrCl2N2O2. The first-order valence-electron chi connectivity index (χ1n) is 7.26. The molecule has 0 aromatic heterocycles. The number of carbonyl (C=O) groups is 2. The normalized spacial score (nSPS) is 17.2.